The van der Waals surface area contributed by atoms with E-state index in [4.69, 9.17) is 32.4 Å². The number of benzene rings is 6. The fraction of sp³-hybridized carbons (Fsp3) is 0.357. The van der Waals surface area contributed by atoms with E-state index in [1.165, 1.54) is 89.1 Å². The van der Waals surface area contributed by atoms with Gasteiger partial charge in [0.1, 0.15) is 21.3 Å². The minimum Gasteiger partial charge on any atom is -0.870 e. The Morgan fingerprint density at radius 3 is 1.12 bits per heavy atom. The number of aliphatic hydroxyl groups is 1. The van der Waals surface area contributed by atoms with E-state index in [1.807, 2.05) is 41.5 Å². The minimum atomic E-state index is -4.11. The Morgan fingerprint density at radius 1 is 0.447 bits per heavy atom. The molecule has 0 heterocycles. The molecule has 26 nitrogen and oxygen atoms in total. The molecule has 0 saturated carbocycles. The first kappa shape index (κ1) is 77.8. The largest absolute Gasteiger partial charge is 1.00 e. The number of nitro groups is 4. The van der Waals surface area contributed by atoms with Crippen LogP contribution in [-0.2, 0) is 20.2 Å². The molecule has 0 aromatic heterocycles. The maximum Gasteiger partial charge on any atom is 1.00 e. The molecule has 0 bridgehead atoms. The van der Waals surface area contributed by atoms with E-state index in [9.17, 15) is 67.5 Å². The van der Waals surface area contributed by atoms with Gasteiger partial charge in [-0.05, 0) is 105 Å². The van der Waals surface area contributed by atoms with E-state index in [0.29, 0.717) is 16.7 Å². The van der Waals surface area contributed by atoms with E-state index >= 15 is 0 Å². The van der Waals surface area contributed by atoms with Crippen molar-refractivity contribution in [3.8, 4) is 46.0 Å². The maximum atomic E-state index is 12.5. The fourth-order valence-electron chi connectivity index (χ4n) is 7.53. The second-order valence-corrected chi connectivity index (χ2v) is 22.0. The molecule has 0 amide bonds. The molecular weight excluding hydrogens is 1180 g/mol. The zero-order valence-electron chi connectivity index (χ0n) is 50.0. The molecule has 0 radical (unpaired) electrons. The average molecular weight is 1260 g/mol. The molecule has 0 aliphatic carbocycles. The zero-order chi connectivity index (χ0) is 63.4. The first-order chi connectivity index (χ1) is 38.7. The van der Waals surface area contributed by atoms with Crippen LogP contribution in [0.2, 0.25) is 0 Å². The Bertz CT molecular complexity index is 3370. The van der Waals surface area contributed by atoms with E-state index in [1.54, 1.807) is 58.9 Å². The molecule has 6 rings (SSSR count). The molecule has 0 unspecified atom stereocenters. The van der Waals surface area contributed by atoms with Crippen LogP contribution in [0.3, 0.4) is 0 Å². The molecule has 85 heavy (non-hydrogen) atoms. The third-order valence-corrected chi connectivity index (χ3v) is 14.0. The molecule has 0 aliphatic heterocycles. The standard InChI is InChI=1S/2C17H19NO6S.2C10H13NO4.C2H6O.K.H2O/c1-11(2)14-9-17(23-4)15(18(19)20)10-16(14)24-25(21,22)13-7-5-12(3)6-8-13;1-11(2)16-14(9-10-15(23-4)17(16)18(19)20)24-25(21,22)13-7-5-12(3)6-8-13;1-6(2)7-4-10(15-3)8(11(13)14)5-9(7)12;1-6(2)9-7(12)4-5-8(15-3)10(9)11(13)14;1-2-3;;/h2*5-11H,1-4H3;2*4-6,12H,1-3H3;3H,2H2,1H3;;1H2/q;;;;;+1;/p-1. The van der Waals surface area contributed by atoms with Gasteiger partial charge < -0.3 is 48.1 Å². The summed E-state index contributed by atoms with van der Waals surface area (Å²) in [4.78, 5) is 41.8. The van der Waals surface area contributed by atoms with Crippen LogP contribution in [0.4, 0.5) is 22.7 Å². The molecule has 6 aromatic carbocycles. The molecule has 460 valence electrons. The summed E-state index contributed by atoms with van der Waals surface area (Å²) in [5.74, 6) is -0.399. The van der Waals surface area contributed by atoms with Crippen molar-refractivity contribution in [3.63, 3.8) is 0 Å². The Labute approximate surface area is 536 Å². The molecule has 0 fully saturated rings. The minimum absolute atomic E-state index is 0. The molecular formula is C56H71KN4O22S2. The van der Waals surface area contributed by atoms with Gasteiger partial charge >= 0.3 is 94.4 Å². The second-order valence-electron chi connectivity index (χ2n) is 18.9. The number of nitro benzene ring substituents is 4. The topological polar surface area (TPSA) is 387 Å². The van der Waals surface area contributed by atoms with Gasteiger partial charge in [0, 0.05) is 17.7 Å². The van der Waals surface area contributed by atoms with Gasteiger partial charge in [0.15, 0.2) is 34.5 Å². The molecule has 0 aliphatic rings. The average Bonchev–Trinajstić information content (AvgIpc) is 3.60. The molecule has 0 spiro atoms. The van der Waals surface area contributed by atoms with Gasteiger partial charge in [-0.3, -0.25) is 40.5 Å². The summed E-state index contributed by atoms with van der Waals surface area (Å²) in [6.07, 6.45) is 0. The summed E-state index contributed by atoms with van der Waals surface area (Å²) in [7, 11) is -2.86. The second kappa shape index (κ2) is 35.3. The normalized spacial score (nSPS) is 10.6. The zero-order valence-corrected chi connectivity index (χ0v) is 54.8. The Hall–Kier alpha value is -7.22. The van der Waals surface area contributed by atoms with Gasteiger partial charge in [0.05, 0.1) is 71.4 Å². The number of nitrogens with zero attached hydrogens (tertiary/aromatic N) is 4. The van der Waals surface area contributed by atoms with Crippen LogP contribution in [-0.4, -0.2) is 92.4 Å². The van der Waals surface area contributed by atoms with Crippen molar-refractivity contribution >= 4 is 43.0 Å². The van der Waals surface area contributed by atoms with Crippen LogP contribution in [0.25, 0.3) is 0 Å². The summed E-state index contributed by atoms with van der Waals surface area (Å²) in [5.41, 5.74) is 2.38. The number of phenols is 2. The van der Waals surface area contributed by atoms with Crippen molar-refractivity contribution in [1.29, 1.82) is 0 Å². The first-order valence-electron chi connectivity index (χ1n) is 25.1. The third kappa shape index (κ3) is 21.7. The van der Waals surface area contributed by atoms with Crippen LogP contribution in [0, 0.1) is 54.3 Å². The number of ether oxygens (including phenoxy) is 4. The van der Waals surface area contributed by atoms with Crippen molar-refractivity contribution in [3.05, 3.63) is 171 Å². The quantitative estimate of drug-likeness (QED) is 0.0312. The van der Waals surface area contributed by atoms with Crippen molar-refractivity contribution in [2.45, 2.75) is 110 Å². The number of aliphatic hydroxyl groups excluding tert-OH is 1. The van der Waals surface area contributed by atoms with Crippen molar-refractivity contribution in [2.24, 2.45) is 0 Å². The van der Waals surface area contributed by atoms with Gasteiger partial charge in [-0.1, -0.05) is 90.8 Å². The summed E-state index contributed by atoms with van der Waals surface area (Å²) in [5, 5.41) is 70.9. The number of phenolic OH excluding ortho intramolecular Hbond substituents is 2. The SMILES string of the molecule is CCO.COc1cc(C(C)C)c(O)cc1[N+](=O)[O-].COc1cc(C(C)C)c(OS(=O)(=O)c2ccc(C)cc2)cc1[N+](=O)[O-].COc1ccc(O)c(C(C)C)c1[N+](=O)[O-].COc1ccc(OS(=O)(=O)c2ccc(C)cc2)c(C(C)C)c1[N+](=O)[O-].[K+].[OH-]. The predicted molar refractivity (Wildman–Crippen MR) is 311 cm³/mol. The first-order valence-corrected chi connectivity index (χ1v) is 28.0. The predicted octanol–water partition coefficient (Wildman–Crippen LogP) is 9.30. The van der Waals surface area contributed by atoms with Gasteiger partial charge in [-0.2, -0.15) is 16.8 Å². The maximum absolute atomic E-state index is 12.5. The molecule has 6 aromatic rings. The van der Waals surface area contributed by atoms with Gasteiger partial charge in [-0.15, -0.1) is 0 Å². The molecule has 29 heteroatoms. The summed E-state index contributed by atoms with van der Waals surface area (Å²) >= 11 is 0. The smallest absolute Gasteiger partial charge is 0.870 e. The number of rotatable bonds is 18. The number of methoxy groups -OCH3 is 4. The summed E-state index contributed by atoms with van der Waals surface area (Å²) in [6, 6.07) is 22.9. The van der Waals surface area contributed by atoms with E-state index < -0.39 is 39.9 Å². The number of hydrogen-bond acceptors (Lipinski definition) is 22. The molecule has 0 saturated heterocycles. The summed E-state index contributed by atoms with van der Waals surface area (Å²) in [6.45, 7) is 20.0. The van der Waals surface area contributed by atoms with E-state index in [0.717, 1.165) is 23.3 Å². The van der Waals surface area contributed by atoms with E-state index in [-0.39, 0.29) is 171 Å². The van der Waals surface area contributed by atoms with Crippen molar-refractivity contribution in [1.82, 2.24) is 0 Å². The van der Waals surface area contributed by atoms with Gasteiger partial charge in [-0.25, -0.2) is 0 Å². The Balaban J connectivity index is 0.00000111. The molecule has 4 N–H and O–H groups in total. The van der Waals surface area contributed by atoms with Gasteiger partial charge in [0.2, 0.25) is 0 Å². The molecule has 0 atom stereocenters. The monoisotopic (exact) mass is 1250 g/mol. The van der Waals surface area contributed by atoms with Crippen LogP contribution >= 0.6 is 0 Å². The van der Waals surface area contributed by atoms with Crippen LogP contribution in [0.15, 0.2) is 107 Å². The van der Waals surface area contributed by atoms with Crippen molar-refractivity contribution in [2.75, 3.05) is 35.0 Å². The Morgan fingerprint density at radius 2 is 0.776 bits per heavy atom. The third-order valence-electron chi connectivity index (χ3n) is 11.6. The fourth-order valence-corrected chi connectivity index (χ4v) is 9.43. The summed E-state index contributed by atoms with van der Waals surface area (Å²) < 4.78 is 80.3. The number of aromatic hydroxyl groups is 2. The van der Waals surface area contributed by atoms with E-state index in [2.05, 4.69) is 0 Å². The van der Waals surface area contributed by atoms with Crippen LogP contribution < -0.4 is 78.7 Å². The van der Waals surface area contributed by atoms with Crippen LogP contribution in [0.1, 0.15) is 119 Å². The number of aryl methyl sites for hydroxylation is 2. The van der Waals surface area contributed by atoms with Crippen molar-refractivity contribution < 1.29 is 136 Å². The van der Waals surface area contributed by atoms with Crippen LogP contribution in [0.5, 0.6) is 46.0 Å². The number of hydrogen-bond donors (Lipinski definition) is 3. The van der Waals surface area contributed by atoms with Gasteiger partial charge in [0.25, 0.3) is 0 Å². The Kier molecular flexibility index (Phi) is 32.3.